The van der Waals surface area contributed by atoms with Crippen LogP contribution in [0.25, 0.3) is 11.0 Å². The van der Waals surface area contributed by atoms with Crippen molar-refractivity contribution >= 4 is 44.2 Å². The summed E-state index contributed by atoms with van der Waals surface area (Å²) in [4.78, 5) is 14.2. The second kappa shape index (κ2) is 7.80. The van der Waals surface area contributed by atoms with Crippen LogP contribution in [0.15, 0.2) is 44.0 Å². The lowest BCUT2D eigenvalue weighted by Crippen LogP contribution is -2.32. The highest BCUT2D eigenvalue weighted by Crippen LogP contribution is 2.39. The van der Waals surface area contributed by atoms with Crippen molar-refractivity contribution in [2.24, 2.45) is 0 Å². The molecule has 0 atom stereocenters. The molecule has 0 fully saturated rings. The van der Waals surface area contributed by atoms with Gasteiger partial charge < -0.3 is 14.1 Å². The zero-order valence-corrected chi connectivity index (χ0v) is 18.2. The lowest BCUT2D eigenvalue weighted by Gasteiger charge is -2.32. The Bertz CT molecular complexity index is 1110. The van der Waals surface area contributed by atoms with Crippen LogP contribution in [0.5, 0.6) is 5.75 Å². The molecule has 2 heterocycles. The number of hydrogen-bond acceptors (Lipinski definition) is 4. The van der Waals surface area contributed by atoms with Crippen molar-refractivity contribution in [3.05, 3.63) is 66.9 Å². The lowest BCUT2D eigenvalue weighted by molar-refractivity contribution is 0.287. The van der Waals surface area contributed by atoms with Gasteiger partial charge in [0.15, 0.2) is 6.73 Å². The van der Waals surface area contributed by atoms with Gasteiger partial charge in [0.25, 0.3) is 0 Å². The molecule has 4 rings (SSSR count). The number of halogens is 2. The van der Waals surface area contributed by atoms with Gasteiger partial charge in [-0.2, -0.15) is 0 Å². The van der Waals surface area contributed by atoms with Gasteiger partial charge in [0.05, 0.1) is 10.7 Å². The van der Waals surface area contributed by atoms with E-state index in [0.29, 0.717) is 23.9 Å². The summed E-state index contributed by atoms with van der Waals surface area (Å²) in [6, 6.07) is 9.57. The van der Waals surface area contributed by atoms with Crippen LogP contribution < -0.4 is 15.3 Å². The van der Waals surface area contributed by atoms with Crippen molar-refractivity contribution in [3.8, 4) is 5.75 Å². The number of nitrogens with zero attached hydrogens (tertiary/aromatic N) is 1. The van der Waals surface area contributed by atoms with Crippen LogP contribution in [-0.2, 0) is 13.0 Å². The maximum absolute atomic E-state index is 12.1. The lowest BCUT2D eigenvalue weighted by atomic mass is 9.98. The van der Waals surface area contributed by atoms with E-state index in [9.17, 15) is 4.79 Å². The summed E-state index contributed by atoms with van der Waals surface area (Å²) >= 11 is 9.89. The van der Waals surface area contributed by atoms with Gasteiger partial charge in [-0.1, -0.05) is 40.9 Å². The molecule has 0 unspecified atom stereocenters. The molecule has 1 aromatic heterocycles. The van der Waals surface area contributed by atoms with E-state index in [0.717, 1.165) is 57.2 Å². The Hall–Kier alpha value is -1.98. The molecule has 28 heavy (non-hydrogen) atoms. The van der Waals surface area contributed by atoms with Gasteiger partial charge in [0, 0.05) is 33.6 Å². The van der Waals surface area contributed by atoms with Crippen LogP contribution >= 0.6 is 27.5 Å². The van der Waals surface area contributed by atoms with E-state index in [1.165, 1.54) is 0 Å². The fourth-order valence-electron chi connectivity index (χ4n) is 3.75. The van der Waals surface area contributed by atoms with Crippen molar-refractivity contribution in [1.82, 2.24) is 0 Å². The van der Waals surface area contributed by atoms with Gasteiger partial charge >= 0.3 is 5.63 Å². The molecule has 146 valence electrons. The Labute approximate surface area is 177 Å². The SMILES string of the molecule is CCCCc1cc(=O)oc2c(C)c3c(cc12)CN(c1ccc(Br)cc1Cl)CO3. The smallest absolute Gasteiger partial charge is 0.336 e. The third-order valence-electron chi connectivity index (χ3n) is 5.15. The molecule has 0 spiro atoms. The summed E-state index contributed by atoms with van der Waals surface area (Å²) in [5, 5.41) is 1.67. The molecule has 6 heteroatoms. The zero-order chi connectivity index (χ0) is 19.8. The summed E-state index contributed by atoms with van der Waals surface area (Å²) < 4.78 is 12.6. The Morgan fingerprint density at radius 3 is 2.82 bits per heavy atom. The number of hydrogen-bond donors (Lipinski definition) is 0. The maximum atomic E-state index is 12.1. The van der Waals surface area contributed by atoms with Crippen LogP contribution in [0.2, 0.25) is 5.02 Å². The third kappa shape index (κ3) is 3.53. The molecule has 4 nitrogen and oxygen atoms in total. The Kier molecular flexibility index (Phi) is 5.39. The molecule has 1 aliphatic heterocycles. The highest BCUT2D eigenvalue weighted by molar-refractivity contribution is 9.10. The van der Waals surface area contributed by atoms with E-state index in [1.807, 2.05) is 25.1 Å². The van der Waals surface area contributed by atoms with Crippen LogP contribution in [-0.4, -0.2) is 6.73 Å². The number of unbranched alkanes of at least 4 members (excludes halogenated alkanes) is 1. The molecule has 0 aliphatic carbocycles. The largest absolute Gasteiger partial charge is 0.472 e. The van der Waals surface area contributed by atoms with Crippen LogP contribution in [0.3, 0.4) is 0 Å². The highest BCUT2D eigenvalue weighted by Gasteiger charge is 2.24. The predicted octanol–water partition coefficient (Wildman–Crippen LogP) is 6.22. The number of rotatable bonds is 4. The van der Waals surface area contributed by atoms with Gasteiger partial charge in [-0.25, -0.2) is 4.79 Å². The fourth-order valence-corrected chi connectivity index (χ4v) is 4.54. The first-order valence-electron chi connectivity index (χ1n) is 9.40. The van der Waals surface area contributed by atoms with Crippen molar-refractivity contribution in [2.75, 3.05) is 11.6 Å². The number of ether oxygens (including phenoxy) is 1. The number of aryl methyl sites for hydroxylation is 2. The fraction of sp³-hybridized carbons (Fsp3) is 0.318. The summed E-state index contributed by atoms with van der Waals surface area (Å²) in [5.74, 6) is 0.799. The van der Waals surface area contributed by atoms with Gasteiger partial charge in [-0.3, -0.25) is 0 Å². The number of fused-ring (bicyclic) bond motifs is 2. The topological polar surface area (TPSA) is 42.7 Å². The minimum atomic E-state index is -0.305. The molecule has 2 aromatic carbocycles. The predicted molar refractivity (Wildman–Crippen MR) is 117 cm³/mol. The van der Waals surface area contributed by atoms with Gasteiger partial charge in [0.1, 0.15) is 11.3 Å². The standard InChI is InChI=1S/C22H21BrClNO3/c1-3-4-5-14-9-20(26)28-22-13(2)21-15(8-17(14)22)11-25(12-27-21)19-7-6-16(23)10-18(19)24/h6-10H,3-5,11-12H2,1-2H3. The minimum Gasteiger partial charge on any atom is -0.472 e. The molecule has 0 bridgehead atoms. The van der Waals surface area contributed by atoms with Crippen LogP contribution in [0.4, 0.5) is 5.69 Å². The highest BCUT2D eigenvalue weighted by atomic mass is 79.9. The second-order valence-electron chi connectivity index (χ2n) is 7.13. The van der Waals surface area contributed by atoms with Gasteiger partial charge in [0.2, 0.25) is 0 Å². The van der Waals surface area contributed by atoms with Crippen molar-refractivity contribution in [1.29, 1.82) is 0 Å². The van der Waals surface area contributed by atoms with E-state index < -0.39 is 0 Å². The molecular weight excluding hydrogens is 442 g/mol. The quantitative estimate of drug-likeness (QED) is 0.432. The van der Waals surface area contributed by atoms with E-state index >= 15 is 0 Å². The van der Waals surface area contributed by atoms with Crippen molar-refractivity contribution in [2.45, 2.75) is 39.7 Å². The maximum Gasteiger partial charge on any atom is 0.336 e. The third-order valence-corrected chi connectivity index (χ3v) is 5.95. The normalized spacial score (nSPS) is 13.5. The molecular formula is C22H21BrClNO3. The molecule has 0 radical (unpaired) electrons. The number of benzene rings is 2. The zero-order valence-electron chi connectivity index (χ0n) is 15.9. The summed E-state index contributed by atoms with van der Waals surface area (Å²) in [5.41, 5.74) is 4.25. The van der Waals surface area contributed by atoms with Crippen LogP contribution in [0, 0.1) is 6.92 Å². The summed E-state index contributed by atoms with van der Waals surface area (Å²) in [6.07, 6.45) is 2.97. The first-order chi connectivity index (χ1) is 13.5. The summed E-state index contributed by atoms with van der Waals surface area (Å²) in [6.45, 7) is 5.17. The average Bonchev–Trinajstić information content (AvgIpc) is 2.66. The molecule has 0 amide bonds. The molecule has 0 saturated carbocycles. The summed E-state index contributed by atoms with van der Waals surface area (Å²) in [7, 11) is 0. The van der Waals surface area contributed by atoms with Gasteiger partial charge in [-0.15, -0.1) is 0 Å². The van der Waals surface area contributed by atoms with Crippen LogP contribution in [0.1, 0.15) is 36.5 Å². The van der Waals surface area contributed by atoms with Crippen molar-refractivity contribution in [3.63, 3.8) is 0 Å². The van der Waals surface area contributed by atoms with E-state index in [2.05, 4.69) is 33.8 Å². The first kappa shape index (κ1) is 19.3. The Morgan fingerprint density at radius 2 is 2.07 bits per heavy atom. The van der Waals surface area contributed by atoms with E-state index in [4.69, 9.17) is 20.8 Å². The molecule has 0 N–H and O–H groups in total. The Balaban J connectivity index is 1.79. The second-order valence-corrected chi connectivity index (χ2v) is 8.45. The molecule has 3 aromatic rings. The monoisotopic (exact) mass is 461 g/mol. The minimum absolute atomic E-state index is 0.305. The molecule has 0 saturated heterocycles. The Morgan fingerprint density at radius 1 is 1.25 bits per heavy atom. The van der Waals surface area contributed by atoms with Crippen molar-refractivity contribution < 1.29 is 9.15 Å². The number of anilines is 1. The average molecular weight is 463 g/mol. The van der Waals surface area contributed by atoms with E-state index in [1.54, 1.807) is 6.07 Å². The first-order valence-corrected chi connectivity index (χ1v) is 10.6. The molecule has 1 aliphatic rings. The van der Waals surface area contributed by atoms with E-state index in [-0.39, 0.29) is 5.63 Å². The van der Waals surface area contributed by atoms with Gasteiger partial charge in [-0.05, 0) is 49.6 Å².